The highest BCUT2D eigenvalue weighted by molar-refractivity contribution is 9.10. The lowest BCUT2D eigenvalue weighted by Crippen LogP contribution is -2.30. The molecule has 0 aliphatic carbocycles. The number of carboxylic acids is 1. The van der Waals surface area contributed by atoms with Crippen molar-refractivity contribution in [3.8, 4) is 0 Å². The van der Waals surface area contributed by atoms with Gasteiger partial charge in [0, 0.05) is 24.0 Å². The van der Waals surface area contributed by atoms with Gasteiger partial charge >= 0.3 is 5.97 Å². The Morgan fingerprint density at radius 3 is 2.80 bits per heavy atom. The lowest BCUT2D eigenvalue weighted by Gasteiger charge is -2.15. The summed E-state index contributed by atoms with van der Waals surface area (Å²) in [5, 5.41) is 8.89. The molecule has 1 aromatic carbocycles. The molecule has 0 aromatic heterocycles. The van der Waals surface area contributed by atoms with Crippen molar-refractivity contribution in [3.05, 3.63) is 34.1 Å². The second-order valence-electron chi connectivity index (χ2n) is 4.90. The predicted molar refractivity (Wildman–Crippen MR) is 74.7 cm³/mol. The van der Waals surface area contributed by atoms with Crippen molar-refractivity contribution in [3.63, 3.8) is 0 Å². The second kappa shape index (κ2) is 6.35. The summed E-state index contributed by atoms with van der Waals surface area (Å²) >= 11 is 3.18. The van der Waals surface area contributed by atoms with Crippen LogP contribution >= 0.6 is 15.9 Å². The minimum atomic E-state index is -0.862. The highest BCUT2D eigenvalue weighted by atomic mass is 79.9. The van der Waals surface area contributed by atoms with E-state index in [0.717, 1.165) is 0 Å². The number of carboxylic acid groups (broad SMARTS) is 1. The van der Waals surface area contributed by atoms with Gasteiger partial charge in [-0.2, -0.15) is 0 Å². The number of halogens is 2. The zero-order valence-electron chi connectivity index (χ0n) is 10.8. The molecule has 0 spiro atoms. The fourth-order valence-electron chi connectivity index (χ4n) is 2.31. The maximum Gasteiger partial charge on any atom is 0.308 e. The number of likely N-dealkylation sites (tertiary alicyclic amines) is 1. The van der Waals surface area contributed by atoms with Crippen LogP contribution in [0.5, 0.6) is 0 Å². The third-order valence-corrected chi connectivity index (χ3v) is 4.01. The molecule has 0 radical (unpaired) electrons. The highest BCUT2D eigenvalue weighted by Crippen LogP contribution is 2.19. The molecule has 1 amide bonds. The van der Waals surface area contributed by atoms with Crippen molar-refractivity contribution in [2.24, 2.45) is 5.92 Å². The van der Waals surface area contributed by atoms with Gasteiger partial charge in [-0.3, -0.25) is 9.59 Å². The van der Waals surface area contributed by atoms with Gasteiger partial charge in [0.25, 0.3) is 0 Å². The third kappa shape index (κ3) is 3.56. The lowest BCUT2D eigenvalue weighted by atomic mass is 10.1. The molecule has 2 rings (SSSR count). The Kier molecular flexibility index (Phi) is 4.75. The average Bonchev–Trinajstić information content (AvgIpc) is 2.87. The zero-order chi connectivity index (χ0) is 14.7. The lowest BCUT2D eigenvalue weighted by molar-refractivity contribution is -0.141. The molecule has 0 saturated carbocycles. The fraction of sp³-hybridized carbons (Fsp3) is 0.429. The van der Waals surface area contributed by atoms with Gasteiger partial charge in [-0.15, -0.1) is 0 Å². The van der Waals surface area contributed by atoms with Crippen molar-refractivity contribution < 1.29 is 19.1 Å². The summed E-state index contributed by atoms with van der Waals surface area (Å²) in [5.41, 5.74) is 0.496. The van der Waals surface area contributed by atoms with Crippen molar-refractivity contribution in [2.45, 2.75) is 19.3 Å². The molecular weight excluding hydrogens is 329 g/mol. The van der Waals surface area contributed by atoms with E-state index in [-0.39, 0.29) is 24.7 Å². The quantitative estimate of drug-likeness (QED) is 0.913. The summed E-state index contributed by atoms with van der Waals surface area (Å²) in [7, 11) is 0. The smallest absolute Gasteiger partial charge is 0.308 e. The Morgan fingerprint density at radius 2 is 2.20 bits per heavy atom. The van der Waals surface area contributed by atoms with Gasteiger partial charge in [0.15, 0.2) is 0 Å². The monoisotopic (exact) mass is 343 g/mol. The molecule has 6 heteroatoms. The summed E-state index contributed by atoms with van der Waals surface area (Å²) in [6.45, 7) is 0.732. The molecule has 1 aliphatic heterocycles. The van der Waals surface area contributed by atoms with Gasteiger partial charge in [0.1, 0.15) is 5.82 Å². The number of carbonyl (C=O) groups is 2. The number of amides is 1. The van der Waals surface area contributed by atoms with E-state index >= 15 is 0 Å². The molecular formula is C14H15BrFNO3. The standard InChI is InChI=1S/C14H15BrFNO3/c15-11-3-1-9(12(16)7-11)2-4-13(18)17-6-5-10(8-17)14(19)20/h1,3,7,10H,2,4-6,8H2,(H,19,20). The minimum Gasteiger partial charge on any atom is -0.481 e. The number of aryl methyl sites for hydroxylation is 1. The van der Waals surface area contributed by atoms with E-state index in [1.54, 1.807) is 17.0 Å². The first-order chi connectivity index (χ1) is 9.47. The van der Waals surface area contributed by atoms with Gasteiger partial charge in [-0.05, 0) is 30.5 Å². The summed E-state index contributed by atoms with van der Waals surface area (Å²) in [6, 6.07) is 4.76. The number of benzene rings is 1. The van der Waals surface area contributed by atoms with Crippen LogP contribution in [0.4, 0.5) is 4.39 Å². The summed E-state index contributed by atoms with van der Waals surface area (Å²) in [5.74, 6) is -1.78. The number of rotatable bonds is 4. The molecule has 4 nitrogen and oxygen atoms in total. The average molecular weight is 344 g/mol. The fourth-order valence-corrected chi connectivity index (χ4v) is 2.65. The number of aliphatic carboxylic acids is 1. The Labute approximate surface area is 124 Å². The maximum atomic E-state index is 13.6. The highest BCUT2D eigenvalue weighted by Gasteiger charge is 2.30. The van der Waals surface area contributed by atoms with Crippen LogP contribution in [-0.4, -0.2) is 35.0 Å². The molecule has 108 valence electrons. The number of nitrogens with zero attached hydrogens (tertiary/aromatic N) is 1. The first-order valence-electron chi connectivity index (χ1n) is 6.42. The SMILES string of the molecule is O=C(O)C1CCN(C(=O)CCc2ccc(Br)cc2F)C1. The summed E-state index contributed by atoms with van der Waals surface area (Å²) in [4.78, 5) is 24.4. The van der Waals surface area contributed by atoms with Crippen LogP contribution < -0.4 is 0 Å². The third-order valence-electron chi connectivity index (χ3n) is 3.51. The molecule has 1 fully saturated rings. The van der Waals surface area contributed by atoms with Gasteiger partial charge < -0.3 is 10.0 Å². The van der Waals surface area contributed by atoms with Crippen molar-refractivity contribution >= 4 is 27.8 Å². The van der Waals surface area contributed by atoms with E-state index in [2.05, 4.69) is 15.9 Å². The van der Waals surface area contributed by atoms with E-state index in [0.29, 0.717) is 29.4 Å². The second-order valence-corrected chi connectivity index (χ2v) is 5.81. The van der Waals surface area contributed by atoms with E-state index in [1.165, 1.54) is 6.07 Å². The molecule has 20 heavy (non-hydrogen) atoms. The predicted octanol–water partition coefficient (Wildman–Crippen LogP) is 2.45. The first kappa shape index (κ1) is 15.0. The van der Waals surface area contributed by atoms with Gasteiger partial charge in [-0.25, -0.2) is 4.39 Å². The molecule has 1 N–H and O–H groups in total. The number of hydrogen-bond acceptors (Lipinski definition) is 2. The Bertz CT molecular complexity index is 535. The summed E-state index contributed by atoms with van der Waals surface area (Å²) in [6.07, 6.45) is 1.02. The minimum absolute atomic E-state index is 0.115. The van der Waals surface area contributed by atoms with Gasteiger partial charge in [0.05, 0.1) is 5.92 Å². The first-order valence-corrected chi connectivity index (χ1v) is 7.21. The van der Waals surface area contributed by atoms with Crippen LogP contribution in [0.1, 0.15) is 18.4 Å². The number of carbonyl (C=O) groups excluding carboxylic acids is 1. The molecule has 1 unspecified atom stereocenters. The van der Waals surface area contributed by atoms with Crippen molar-refractivity contribution in [1.29, 1.82) is 0 Å². The normalized spacial score (nSPS) is 18.3. The molecule has 1 atom stereocenters. The Hall–Kier alpha value is -1.43. The zero-order valence-corrected chi connectivity index (χ0v) is 12.4. The van der Waals surface area contributed by atoms with Crippen LogP contribution in [0, 0.1) is 11.7 Å². The van der Waals surface area contributed by atoms with Crippen LogP contribution in [-0.2, 0) is 16.0 Å². The summed E-state index contributed by atoms with van der Waals surface area (Å²) < 4.78 is 14.3. The largest absolute Gasteiger partial charge is 0.481 e. The molecule has 1 heterocycles. The molecule has 1 saturated heterocycles. The van der Waals surface area contributed by atoms with Crippen LogP contribution in [0.15, 0.2) is 22.7 Å². The topological polar surface area (TPSA) is 57.6 Å². The molecule has 0 bridgehead atoms. The van der Waals surface area contributed by atoms with E-state index in [4.69, 9.17) is 5.11 Å². The van der Waals surface area contributed by atoms with Gasteiger partial charge in [-0.1, -0.05) is 22.0 Å². The molecule has 1 aromatic rings. The van der Waals surface area contributed by atoms with Crippen molar-refractivity contribution in [1.82, 2.24) is 4.90 Å². The maximum absolute atomic E-state index is 13.6. The van der Waals surface area contributed by atoms with Crippen LogP contribution in [0.25, 0.3) is 0 Å². The number of hydrogen-bond donors (Lipinski definition) is 1. The van der Waals surface area contributed by atoms with E-state index < -0.39 is 11.9 Å². The van der Waals surface area contributed by atoms with E-state index in [9.17, 15) is 14.0 Å². The Balaban J connectivity index is 1.88. The van der Waals surface area contributed by atoms with Gasteiger partial charge in [0.2, 0.25) is 5.91 Å². The van der Waals surface area contributed by atoms with Crippen molar-refractivity contribution in [2.75, 3.05) is 13.1 Å². The van der Waals surface area contributed by atoms with E-state index in [1.807, 2.05) is 0 Å². The molecule has 1 aliphatic rings. The van der Waals surface area contributed by atoms with Crippen LogP contribution in [0.3, 0.4) is 0 Å². The Morgan fingerprint density at radius 1 is 1.45 bits per heavy atom. The van der Waals surface area contributed by atoms with Crippen LogP contribution in [0.2, 0.25) is 0 Å².